The quantitative estimate of drug-likeness (QED) is 0.764. The Hall–Kier alpha value is -0.610. The number of carbonyl (C=O) groups excluding carboxylic acids is 1. The van der Waals surface area contributed by atoms with E-state index < -0.39 is 0 Å². The first-order valence-electron chi connectivity index (χ1n) is 7.91. The molecule has 1 atom stereocenters. The lowest BCUT2D eigenvalue weighted by Crippen LogP contribution is -2.45. The van der Waals surface area contributed by atoms with Crippen LogP contribution in [0, 0.1) is 0 Å². The second-order valence-corrected chi connectivity index (χ2v) is 5.57. The van der Waals surface area contributed by atoms with Gasteiger partial charge in [0, 0.05) is 25.7 Å². The van der Waals surface area contributed by atoms with Crippen LogP contribution in [0.5, 0.6) is 0 Å². The van der Waals surface area contributed by atoms with Gasteiger partial charge < -0.3 is 10.2 Å². The minimum atomic E-state index is 0.306. The van der Waals surface area contributed by atoms with E-state index in [9.17, 15) is 4.79 Å². The Morgan fingerprint density at radius 1 is 1.32 bits per heavy atom. The summed E-state index contributed by atoms with van der Waals surface area (Å²) in [7, 11) is 0. The van der Waals surface area contributed by atoms with Crippen LogP contribution >= 0.6 is 0 Å². The fourth-order valence-electron chi connectivity index (χ4n) is 2.44. The highest BCUT2D eigenvalue weighted by atomic mass is 16.2. The summed E-state index contributed by atoms with van der Waals surface area (Å²) >= 11 is 0. The minimum Gasteiger partial charge on any atom is -0.340 e. The average Bonchev–Trinajstić information content (AvgIpc) is 2.71. The molecule has 0 bridgehead atoms. The van der Waals surface area contributed by atoms with E-state index in [1.807, 2.05) is 4.90 Å². The van der Waals surface area contributed by atoms with Gasteiger partial charge >= 0.3 is 0 Å². The van der Waals surface area contributed by atoms with E-state index in [4.69, 9.17) is 0 Å². The standard InChI is InChI=1S/C15H31N3O/c1-4-6-10-18(14(3)5-2)13-15(19)17-11-7-8-16-9-12-17/h14,16H,4-13H2,1-3H3. The SMILES string of the molecule is CCCCN(CC(=O)N1CCCNCC1)C(C)CC. The molecule has 0 radical (unpaired) electrons. The molecule has 1 saturated heterocycles. The molecule has 19 heavy (non-hydrogen) atoms. The topological polar surface area (TPSA) is 35.6 Å². The summed E-state index contributed by atoms with van der Waals surface area (Å²) in [4.78, 5) is 16.8. The van der Waals surface area contributed by atoms with Crippen molar-refractivity contribution in [3.8, 4) is 0 Å². The van der Waals surface area contributed by atoms with Gasteiger partial charge in [0.25, 0.3) is 0 Å². The number of nitrogens with one attached hydrogen (secondary N) is 1. The number of rotatable bonds is 7. The number of carbonyl (C=O) groups is 1. The third kappa shape index (κ3) is 5.91. The molecule has 112 valence electrons. The van der Waals surface area contributed by atoms with Gasteiger partial charge in [0.05, 0.1) is 6.54 Å². The van der Waals surface area contributed by atoms with Crippen molar-refractivity contribution in [1.82, 2.24) is 15.1 Å². The summed E-state index contributed by atoms with van der Waals surface area (Å²) in [6, 6.07) is 0.501. The average molecular weight is 269 g/mol. The highest BCUT2D eigenvalue weighted by Gasteiger charge is 2.20. The maximum Gasteiger partial charge on any atom is 0.236 e. The first-order chi connectivity index (χ1) is 9.19. The Kier molecular flexibility index (Phi) is 8.07. The summed E-state index contributed by atoms with van der Waals surface area (Å²) in [5, 5.41) is 3.35. The van der Waals surface area contributed by atoms with Crippen LogP contribution in [-0.2, 0) is 4.79 Å². The molecule has 4 nitrogen and oxygen atoms in total. The van der Waals surface area contributed by atoms with Gasteiger partial charge in [-0.2, -0.15) is 0 Å². The maximum absolute atomic E-state index is 12.4. The van der Waals surface area contributed by atoms with Gasteiger partial charge in [-0.1, -0.05) is 20.3 Å². The van der Waals surface area contributed by atoms with Crippen molar-refractivity contribution in [2.24, 2.45) is 0 Å². The van der Waals surface area contributed by atoms with E-state index >= 15 is 0 Å². The van der Waals surface area contributed by atoms with E-state index in [-0.39, 0.29) is 0 Å². The fraction of sp³-hybridized carbons (Fsp3) is 0.933. The Bertz CT molecular complexity index is 250. The van der Waals surface area contributed by atoms with Gasteiger partial charge in [-0.3, -0.25) is 9.69 Å². The minimum absolute atomic E-state index is 0.306. The Morgan fingerprint density at radius 2 is 2.11 bits per heavy atom. The molecule has 1 heterocycles. The van der Waals surface area contributed by atoms with Crippen molar-refractivity contribution in [3.05, 3.63) is 0 Å². The monoisotopic (exact) mass is 269 g/mol. The number of nitrogens with zero attached hydrogens (tertiary/aromatic N) is 2. The summed E-state index contributed by atoms with van der Waals surface area (Å²) in [5.74, 6) is 0.306. The van der Waals surface area contributed by atoms with Crippen LogP contribution in [0.4, 0.5) is 0 Å². The normalized spacial score (nSPS) is 18.4. The highest BCUT2D eigenvalue weighted by Crippen LogP contribution is 2.07. The number of amides is 1. The van der Waals surface area contributed by atoms with Crippen molar-refractivity contribution in [2.45, 2.75) is 52.5 Å². The van der Waals surface area contributed by atoms with Gasteiger partial charge in [-0.15, -0.1) is 0 Å². The zero-order valence-corrected chi connectivity index (χ0v) is 13.0. The summed E-state index contributed by atoms with van der Waals surface area (Å²) in [5.41, 5.74) is 0. The van der Waals surface area contributed by atoms with Crippen LogP contribution in [-0.4, -0.2) is 61.0 Å². The largest absolute Gasteiger partial charge is 0.340 e. The molecule has 1 aliphatic rings. The lowest BCUT2D eigenvalue weighted by atomic mass is 10.2. The molecular weight excluding hydrogens is 238 g/mol. The van der Waals surface area contributed by atoms with Gasteiger partial charge in [0.15, 0.2) is 0 Å². The summed E-state index contributed by atoms with van der Waals surface area (Å²) in [6.07, 6.45) is 4.55. The van der Waals surface area contributed by atoms with E-state index in [2.05, 4.69) is 31.0 Å². The summed E-state index contributed by atoms with van der Waals surface area (Å²) in [6.45, 7) is 12.0. The van der Waals surface area contributed by atoms with Crippen LogP contribution in [0.3, 0.4) is 0 Å². The molecule has 0 aromatic carbocycles. The third-order valence-electron chi connectivity index (χ3n) is 4.04. The Balaban J connectivity index is 2.48. The molecule has 4 heteroatoms. The molecule has 1 unspecified atom stereocenters. The molecule has 1 amide bonds. The van der Waals surface area contributed by atoms with Crippen LogP contribution in [0.15, 0.2) is 0 Å². The number of hydrogen-bond acceptors (Lipinski definition) is 3. The molecular formula is C15H31N3O. The molecule has 0 aliphatic carbocycles. The predicted octanol–water partition coefficient (Wildman–Crippen LogP) is 1.71. The van der Waals surface area contributed by atoms with E-state index in [0.717, 1.165) is 45.6 Å². The Morgan fingerprint density at radius 3 is 2.79 bits per heavy atom. The third-order valence-corrected chi connectivity index (χ3v) is 4.04. The second-order valence-electron chi connectivity index (χ2n) is 5.57. The molecule has 1 aliphatic heterocycles. The zero-order chi connectivity index (χ0) is 14.1. The smallest absolute Gasteiger partial charge is 0.236 e. The maximum atomic E-state index is 12.4. The van der Waals surface area contributed by atoms with Crippen molar-refractivity contribution in [2.75, 3.05) is 39.3 Å². The van der Waals surface area contributed by atoms with Crippen molar-refractivity contribution in [3.63, 3.8) is 0 Å². The van der Waals surface area contributed by atoms with Crippen molar-refractivity contribution in [1.29, 1.82) is 0 Å². The van der Waals surface area contributed by atoms with E-state index in [1.54, 1.807) is 0 Å². The second kappa shape index (κ2) is 9.32. The van der Waals surface area contributed by atoms with Gasteiger partial charge in [-0.25, -0.2) is 0 Å². The molecule has 0 spiro atoms. The van der Waals surface area contributed by atoms with Crippen molar-refractivity contribution >= 4 is 5.91 Å². The van der Waals surface area contributed by atoms with Gasteiger partial charge in [0.1, 0.15) is 0 Å². The van der Waals surface area contributed by atoms with Crippen molar-refractivity contribution < 1.29 is 4.79 Å². The van der Waals surface area contributed by atoms with Crippen LogP contribution < -0.4 is 5.32 Å². The van der Waals surface area contributed by atoms with Gasteiger partial charge in [-0.05, 0) is 39.3 Å². The fourth-order valence-corrected chi connectivity index (χ4v) is 2.44. The predicted molar refractivity (Wildman–Crippen MR) is 80.3 cm³/mol. The Labute approximate surface area is 118 Å². The van der Waals surface area contributed by atoms with Crippen LogP contribution in [0.25, 0.3) is 0 Å². The first-order valence-corrected chi connectivity index (χ1v) is 7.91. The molecule has 0 aromatic rings. The lowest BCUT2D eigenvalue weighted by molar-refractivity contribution is -0.132. The summed E-state index contributed by atoms with van der Waals surface area (Å²) < 4.78 is 0. The highest BCUT2D eigenvalue weighted by molar-refractivity contribution is 5.78. The zero-order valence-electron chi connectivity index (χ0n) is 13.0. The first kappa shape index (κ1) is 16.4. The lowest BCUT2D eigenvalue weighted by Gasteiger charge is -2.30. The van der Waals surface area contributed by atoms with Crippen LogP contribution in [0.2, 0.25) is 0 Å². The molecule has 0 aromatic heterocycles. The van der Waals surface area contributed by atoms with Crippen LogP contribution in [0.1, 0.15) is 46.5 Å². The van der Waals surface area contributed by atoms with E-state index in [0.29, 0.717) is 18.5 Å². The molecule has 1 fully saturated rings. The van der Waals surface area contributed by atoms with Gasteiger partial charge in [0.2, 0.25) is 5.91 Å². The van der Waals surface area contributed by atoms with E-state index in [1.165, 1.54) is 12.8 Å². The molecule has 1 N–H and O–H groups in total. The molecule has 1 rings (SSSR count). The molecule has 0 saturated carbocycles. The number of hydrogen-bond donors (Lipinski definition) is 1. The number of unbranched alkanes of at least 4 members (excludes halogenated alkanes) is 1.